The predicted octanol–water partition coefficient (Wildman–Crippen LogP) is 3.73. The summed E-state index contributed by atoms with van der Waals surface area (Å²) in [5.74, 6) is -0.493. The third kappa shape index (κ3) is 3.31. The van der Waals surface area contributed by atoms with Gasteiger partial charge in [-0.1, -0.05) is 53.7 Å². The number of nitrogens with one attached hydrogen (secondary N) is 2. The topological polar surface area (TPSA) is 41.1 Å². The number of carbonyl (C=O) groups excluding carboxylic acids is 1. The highest BCUT2D eigenvalue weighted by atomic mass is 32.2. The molecule has 2 aromatic rings. The molecule has 2 N–H and O–H groups in total. The van der Waals surface area contributed by atoms with Crippen molar-refractivity contribution < 1.29 is 9.18 Å². The summed E-state index contributed by atoms with van der Waals surface area (Å²) in [6.07, 6.45) is 1.84. The average molecular weight is 314 g/mol. The van der Waals surface area contributed by atoms with Crippen LogP contribution in [0.1, 0.15) is 11.1 Å². The first-order valence-corrected chi connectivity index (χ1v) is 7.77. The van der Waals surface area contributed by atoms with Crippen LogP contribution in [-0.4, -0.2) is 11.4 Å². The third-order valence-electron chi connectivity index (χ3n) is 3.27. The fourth-order valence-corrected chi connectivity index (χ4v) is 3.07. The van der Waals surface area contributed by atoms with Crippen LogP contribution in [0.3, 0.4) is 0 Å². The molecule has 1 atom stereocenters. The van der Waals surface area contributed by atoms with E-state index in [4.69, 9.17) is 0 Å². The van der Waals surface area contributed by atoms with Gasteiger partial charge >= 0.3 is 0 Å². The van der Waals surface area contributed by atoms with Crippen molar-refractivity contribution in [2.75, 3.05) is 5.32 Å². The van der Waals surface area contributed by atoms with Gasteiger partial charge in [0.2, 0.25) is 0 Å². The Morgan fingerprint density at radius 2 is 1.91 bits per heavy atom. The van der Waals surface area contributed by atoms with Gasteiger partial charge < -0.3 is 10.6 Å². The van der Waals surface area contributed by atoms with Crippen LogP contribution in [0.15, 0.2) is 53.4 Å². The molecule has 0 aromatic heterocycles. The van der Waals surface area contributed by atoms with Crippen LogP contribution < -0.4 is 10.6 Å². The van der Waals surface area contributed by atoms with Gasteiger partial charge in [-0.05, 0) is 30.7 Å². The molecule has 1 unspecified atom stereocenters. The molecule has 1 saturated heterocycles. The second-order valence-corrected chi connectivity index (χ2v) is 6.16. The molecule has 0 aliphatic carbocycles. The molecule has 1 heterocycles. The van der Waals surface area contributed by atoms with Crippen molar-refractivity contribution in [1.82, 2.24) is 5.32 Å². The van der Waals surface area contributed by atoms with Crippen LogP contribution in [0.5, 0.6) is 0 Å². The SMILES string of the molecule is Cc1ccc(/C=C2\SC(Nc3ccccc3F)NC2=O)cc1. The highest BCUT2D eigenvalue weighted by Crippen LogP contribution is 2.30. The van der Waals surface area contributed by atoms with E-state index in [0.717, 1.165) is 5.56 Å². The maximum atomic E-state index is 13.6. The van der Waals surface area contributed by atoms with Crippen molar-refractivity contribution >= 4 is 29.4 Å². The number of benzene rings is 2. The summed E-state index contributed by atoms with van der Waals surface area (Å²) in [5, 5.41) is 5.77. The number of carbonyl (C=O) groups is 1. The van der Waals surface area contributed by atoms with E-state index in [2.05, 4.69) is 10.6 Å². The highest BCUT2D eigenvalue weighted by Gasteiger charge is 2.27. The predicted molar refractivity (Wildman–Crippen MR) is 88.7 cm³/mol. The van der Waals surface area contributed by atoms with Gasteiger partial charge in [0.15, 0.2) is 5.50 Å². The Labute approximate surface area is 132 Å². The van der Waals surface area contributed by atoms with E-state index in [-0.39, 0.29) is 17.2 Å². The van der Waals surface area contributed by atoms with Gasteiger partial charge in [0.1, 0.15) is 5.82 Å². The molecule has 0 saturated carbocycles. The Morgan fingerprint density at radius 3 is 2.64 bits per heavy atom. The molecular formula is C17H15FN2OS. The van der Waals surface area contributed by atoms with E-state index in [1.165, 1.54) is 23.4 Å². The van der Waals surface area contributed by atoms with E-state index in [1.807, 2.05) is 37.3 Å². The Morgan fingerprint density at radius 1 is 1.18 bits per heavy atom. The number of amides is 1. The summed E-state index contributed by atoms with van der Waals surface area (Å²) < 4.78 is 13.6. The van der Waals surface area contributed by atoms with Gasteiger partial charge in [0.05, 0.1) is 10.6 Å². The Hall–Kier alpha value is -2.27. The molecule has 0 spiro atoms. The highest BCUT2D eigenvalue weighted by molar-refractivity contribution is 8.05. The molecule has 0 bridgehead atoms. The minimum atomic E-state index is -0.374. The van der Waals surface area contributed by atoms with Gasteiger partial charge in [-0.2, -0.15) is 0 Å². The first-order valence-electron chi connectivity index (χ1n) is 6.89. The minimum Gasteiger partial charge on any atom is -0.354 e. The number of para-hydroxylation sites is 1. The molecule has 2 aromatic carbocycles. The van der Waals surface area contributed by atoms with Crippen molar-refractivity contribution in [1.29, 1.82) is 0 Å². The molecule has 1 fully saturated rings. The number of hydrogen-bond donors (Lipinski definition) is 2. The average Bonchev–Trinajstić information content (AvgIpc) is 2.84. The van der Waals surface area contributed by atoms with E-state index in [9.17, 15) is 9.18 Å². The normalized spacial score (nSPS) is 19.3. The Kier molecular flexibility index (Phi) is 4.15. The molecule has 0 radical (unpaired) electrons. The van der Waals surface area contributed by atoms with Crippen LogP contribution in [0.25, 0.3) is 6.08 Å². The fraction of sp³-hybridized carbons (Fsp3) is 0.118. The number of halogens is 1. The first kappa shape index (κ1) is 14.7. The smallest absolute Gasteiger partial charge is 0.260 e. The summed E-state index contributed by atoms with van der Waals surface area (Å²) >= 11 is 1.34. The fourth-order valence-electron chi connectivity index (χ4n) is 2.10. The molecule has 112 valence electrons. The zero-order valence-corrected chi connectivity index (χ0v) is 12.8. The number of aryl methyl sites for hydroxylation is 1. The van der Waals surface area contributed by atoms with E-state index >= 15 is 0 Å². The van der Waals surface area contributed by atoms with Crippen molar-refractivity contribution in [2.45, 2.75) is 12.4 Å². The lowest BCUT2D eigenvalue weighted by Crippen LogP contribution is -2.31. The summed E-state index contributed by atoms with van der Waals surface area (Å²) in [6, 6.07) is 14.3. The zero-order chi connectivity index (χ0) is 15.5. The van der Waals surface area contributed by atoms with Crippen molar-refractivity contribution in [3.63, 3.8) is 0 Å². The molecule has 1 aliphatic heterocycles. The van der Waals surface area contributed by atoms with Gasteiger partial charge in [0, 0.05) is 0 Å². The number of anilines is 1. The Balaban J connectivity index is 1.73. The summed E-state index contributed by atoms with van der Waals surface area (Å²) in [5.41, 5.74) is 2.14. The zero-order valence-electron chi connectivity index (χ0n) is 12.0. The lowest BCUT2D eigenvalue weighted by atomic mass is 10.1. The molecular weight excluding hydrogens is 299 g/mol. The molecule has 1 amide bonds. The van der Waals surface area contributed by atoms with Crippen LogP contribution in [0.2, 0.25) is 0 Å². The lowest BCUT2D eigenvalue weighted by Gasteiger charge is -2.12. The minimum absolute atomic E-state index is 0.153. The first-order chi connectivity index (χ1) is 10.6. The summed E-state index contributed by atoms with van der Waals surface area (Å²) in [6.45, 7) is 2.02. The van der Waals surface area contributed by atoms with Crippen LogP contribution in [-0.2, 0) is 4.79 Å². The van der Waals surface area contributed by atoms with Crippen LogP contribution >= 0.6 is 11.8 Å². The van der Waals surface area contributed by atoms with E-state index in [0.29, 0.717) is 10.6 Å². The van der Waals surface area contributed by atoms with Gasteiger partial charge in [-0.25, -0.2) is 4.39 Å². The van der Waals surface area contributed by atoms with Crippen LogP contribution in [0, 0.1) is 12.7 Å². The standard InChI is InChI=1S/C17H15FN2OS/c1-11-6-8-12(9-7-11)10-15-16(21)20-17(22-15)19-14-5-3-2-4-13(14)18/h2-10,17,19H,1H3,(H,20,21)/b15-10-. The quantitative estimate of drug-likeness (QED) is 0.848. The Bertz CT molecular complexity index is 728. The van der Waals surface area contributed by atoms with E-state index in [1.54, 1.807) is 18.2 Å². The second-order valence-electron chi connectivity index (χ2n) is 5.01. The number of thioether (sulfide) groups is 1. The number of rotatable bonds is 3. The van der Waals surface area contributed by atoms with Gasteiger partial charge in [-0.3, -0.25) is 4.79 Å². The van der Waals surface area contributed by atoms with Crippen molar-refractivity contribution in [2.24, 2.45) is 0 Å². The molecule has 22 heavy (non-hydrogen) atoms. The number of hydrogen-bond acceptors (Lipinski definition) is 3. The maximum absolute atomic E-state index is 13.6. The van der Waals surface area contributed by atoms with Crippen molar-refractivity contribution in [3.05, 3.63) is 70.4 Å². The van der Waals surface area contributed by atoms with Crippen molar-refractivity contribution in [3.8, 4) is 0 Å². The monoisotopic (exact) mass is 314 g/mol. The van der Waals surface area contributed by atoms with E-state index < -0.39 is 0 Å². The molecule has 5 heteroatoms. The summed E-state index contributed by atoms with van der Waals surface area (Å²) in [4.78, 5) is 12.6. The molecule has 3 nitrogen and oxygen atoms in total. The maximum Gasteiger partial charge on any atom is 0.260 e. The lowest BCUT2D eigenvalue weighted by molar-refractivity contribution is -0.116. The van der Waals surface area contributed by atoms with Gasteiger partial charge in [0.25, 0.3) is 5.91 Å². The summed E-state index contributed by atoms with van der Waals surface area (Å²) in [7, 11) is 0. The molecule has 1 aliphatic rings. The van der Waals surface area contributed by atoms with Gasteiger partial charge in [-0.15, -0.1) is 0 Å². The third-order valence-corrected chi connectivity index (χ3v) is 4.29. The van der Waals surface area contributed by atoms with Crippen LogP contribution in [0.4, 0.5) is 10.1 Å². The second kappa shape index (κ2) is 6.23. The molecule has 3 rings (SSSR count). The largest absolute Gasteiger partial charge is 0.354 e.